The molecule has 8 heteroatoms. The van der Waals surface area contributed by atoms with Gasteiger partial charge in [-0.25, -0.2) is 0 Å². The molecule has 0 fully saturated rings. The summed E-state index contributed by atoms with van der Waals surface area (Å²) in [5.41, 5.74) is 2.13. The van der Waals surface area contributed by atoms with Gasteiger partial charge in [-0.15, -0.1) is 0 Å². The Labute approximate surface area is 190 Å². The number of nitrogens with one attached hydrogen (secondary N) is 1. The molecule has 3 aromatic heterocycles. The number of rotatable bonds is 9. The molecule has 33 heavy (non-hydrogen) atoms. The van der Waals surface area contributed by atoms with Gasteiger partial charge in [-0.3, -0.25) is 14.2 Å². The van der Waals surface area contributed by atoms with E-state index in [2.05, 4.69) is 10.3 Å². The fourth-order valence-corrected chi connectivity index (χ4v) is 4.38. The van der Waals surface area contributed by atoms with E-state index in [0.29, 0.717) is 36.7 Å². The number of ether oxygens (including phenoxy) is 4. The Morgan fingerprint density at radius 1 is 0.970 bits per heavy atom. The van der Waals surface area contributed by atoms with E-state index in [1.165, 1.54) is 7.11 Å². The molecule has 5 rings (SSSR count). The van der Waals surface area contributed by atoms with Crippen molar-refractivity contribution in [2.75, 3.05) is 47.6 Å². The van der Waals surface area contributed by atoms with Crippen LogP contribution in [0.1, 0.15) is 0 Å². The highest BCUT2D eigenvalue weighted by Crippen LogP contribution is 2.39. The first kappa shape index (κ1) is 21.2. The zero-order chi connectivity index (χ0) is 22.9. The molecule has 0 bridgehead atoms. The summed E-state index contributed by atoms with van der Waals surface area (Å²) in [6, 6.07) is 11.3. The van der Waals surface area contributed by atoms with Gasteiger partial charge in [-0.2, -0.15) is 0 Å². The van der Waals surface area contributed by atoms with E-state index >= 15 is 0 Å². The van der Waals surface area contributed by atoms with E-state index in [9.17, 15) is 4.79 Å². The zero-order valence-electron chi connectivity index (χ0n) is 18.8. The number of hydrogen-bond acceptors (Lipinski definition) is 7. The number of benzene rings is 2. The van der Waals surface area contributed by atoms with Crippen molar-refractivity contribution in [2.45, 2.75) is 0 Å². The van der Waals surface area contributed by atoms with E-state index in [1.54, 1.807) is 23.8 Å². The van der Waals surface area contributed by atoms with Crippen molar-refractivity contribution in [2.24, 2.45) is 0 Å². The van der Waals surface area contributed by atoms with Gasteiger partial charge in [0, 0.05) is 28.9 Å². The fraction of sp³-hybridized carbons (Fsp3) is 0.280. The molecule has 0 spiro atoms. The maximum Gasteiger partial charge on any atom is 0.267 e. The number of hydrogen-bond donors (Lipinski definition) is 1. The SMILES string of the molecule is CNCCOCCOc1ccc2c(c1)c1ccnc3c4ccc(OC)c(OC)c4c(=O)n2c13. The normalized spacial score (nSPS) is 11.7. The van der Waals surface area contributed by atoms with Crippen LogP contribution in [0.5, 0.6) is 17.2 Å². The van der Waals surface area contributed by atoms with Crippen LogP contribution in [0.4, 0.5) is 0 Å². The molecule has 8 nitrogen and oxygen atoms in total. The molecule has 0 saturated carbocycles. The second-order valence-electron chi connectivity index (χ2n) is 7.66. The predicted molar refractivity (Wildman–Crippen MR) is 129 cm³/mol. The fourth-order valence-electron chi connectivity index (χ4n) is 4.38. The highest BCUT2D eigenvalue weighted by Gasteiger charge is 2.22. The summed E-state index contributed by atoms with van der Waals surface area (Å²) in [5.74, 6) is 1.63. The van der Waals surface area contributed by atoms with Crippen molar-refractivity contribution in [1.29, 1.82) is 0 Å². The Hall–Kier alpha value is -3.62. The van der Waals surface area contributed by atoms with Gasteiger partial charge in [-0.05, 0) is 43.4 Å². The lowest BCUT2D eigenvalue weighted by Gasteiger charge is -2.12. The second kappa shape index (κ2) is 8.73. The molecule has 5 aromatic rings. The summed E-state index contributed by atoms with van der Waals surface area (Å²) < 4.78 is 24.1. The summed E-state index contributed by atoms with van der Waals surface area (Å²) in [4.78, 5) is 18.4. The van der Waals surface area contributed by atoms with E-state index in [-0.39, 0.29) is 5.56 Å². The minimum atomic E-state index is -0.173. The van der Waals surface area contributed by atoms with E-state index in [4.69, 9.17) is 18.9 Å². The molecule has 170 valence electrons. The van der Waals surface area contributed by atoms with Crippen LogP contribution in [0.15, 0.2) is 47.4 Å². The summed E-state index contributed by atoms with van der Waals surface area (Å²) in [5, 5.41) is 6.08. The molecular weight excluding hydrogens is 422 g/mol. The highest BCUT2D eigenvalue weighted by molar-refractivity contribution is 6.19. The number of aromatic nitrogens is 2. The van der Waals surface area contributed by atoms with Crippen LogP contribution in [0.2, 0.25) is 0 Å². The maximum atomic E-state index is 13.7. The van der Waals surface area contributed by atoms with Gasteiger partial charge in [0.05, 0.1) is 49.4 Å². The molecule has 0 aliphatic rings. The molecule has 3 heterocycles. The number of nitrogens with zero attached hydrogens (tertiary/aromatic N) is 2. The minimum absolute atomic E-state index is 0.173. The molecule has 0 radical (unpaired) electrons. The third-order valence-electron chi connectivity index (χ3n) is 5.86. The van der Waals surface area contributed by atoms with E-state index in [1.807, 2.05) is 37.4 Å². The summed E-state index contributed by atoms with van der Waals surface area (Å²) in [6.07, 6.45) is 1.76. The Balaban J connectivity index is 1.68. The van der Waals surface area contributed by atoms with Gasteiger partial charge in [0.1, 0.15) is 12.4 Å². The van der Waals surface area contributed by atoms with Crippen molar-refractivity contribution >= 4 is 38.1 Å². The quantitative estimate of drug-likeness (QED) is 0.274. The van der Waals surface area contributed by atoms with Crippen molar-refractivity contribution in [1.82, 2.24) is 14.7 Å². The highest BCUT2D eigenvalue weighted by atomic mass is 16.5. The third kappa shape index (κ3) is 3.39. The van der Waals surface area contributed by atoms with Crippen LogP contribution >= 0.6 is 0 Å². The van der Waals surface area contributed by atoms with E-state index in [0.717, 1.165) is 45.0 Å². The zero-order valence-corrected chi connectivity index (χ0v) is 18.8. The lowest BCUT2D eigenvalue weighted by atomic mass is 10.1. The first-order chi connectivity index (χ1) is 16.2. The van der Waals surface area contributed by atoms with Gasteiger partial charge in [0.25, 0.3) is 5.56 Å². The molecule has 0 saturated heterocycles. The number of methoxy groups -OCH3 is 2. The molecule has 0 aliphatic heterocycles. The number of pyridine rings is 2. The van der Waals surface area contributed by atoms with Crippen LogP contribution in [-0.4, -0.2) is 57.0 Å². The maximum absolute atomic E-state index is 13.7. The molecule has 2 aromatic carbocycles. The number of fused-ring (bicyclic) bond motifs is 5. The van der Waals surface area contributed by atoms with Gasteiger partial charge in [0.2, 0.25) is 0 Å². The van der Waals surface area contributed by atoms with Crippen molar-refractivity contribution < 1.29 is 18.9 Å². The number of likely N-dealkylation sites (N-methyl/N-ethyl adjacent to an activating group) is 1. The Kier molecular flexibility index (Phi) is 5.62. The van der Waals surface area contributed by atoms with Crippen LogP contribution in [-0.2, 0) is 4.74 Å². The third-order valence-corrected chi connectivity index (χ3v) is 5.86. The first-order valence-corrected chi connectivity index (χ1v) is 10.8. The van der Waals surface area contributed by atoms with Crippen LogP contribution in [0, 0.1) is 0 Å². The average molecular weight is 447 g/mol. The molecule has 0 aliphatic carbocycles. The predicted octanol–water partition coefficient (Wildman–Crippen LogP) is 3.22. The lowest BCUT2D eigenvalue weighted by molar-refractivity contribution is 0.103. The molecule has 0 atom stereocenters. The Bertz CT molecular complexity index is 1510. The molecular formula is C25H25N3O5. The van der Waals surface area contributed by atoms with Crippen LogP contribution < -0.4 is 25.1 Å². The largest absolute Gasteiger partial charge is 0.493 e. The van der Waals surface area contributed by atoms with Crippen molar-refractivity contribution in [3.63, 3.8) is 0 Å². The Morgan fingerprint density at radius 3 is 2.64 bits per heavy atom. The molecule has 0 amide bonds. The van der Waals surface area contributed by atoms with Gasteiger partial charge < -0.3 is 24.3 Å². The van der Waals surface area contributed by atoms with Crippen molar-refractivity contribution in [3.8, 4) is 17.2 Å². The topological polar surface area (TPSA) is 83.3 Å². The van der Waals surface area contributed by atoms with E-state index < -0.39 is 0 Å². The summed E-state index contributed by atoms with van der Waals surface area (Å²) in [7, 11) is 4.98. The van der Waals surface area contributed by atoms with Crippen molar-refractivity contribution in [3.05, 3.63) is 52.9 Å². The Morgan fingerprint density at radius 2 is 1.85 bits per heavy atom. The standard InChI is InChI=1S/C25H25N3O5/c1-26-10-11-32-12-13-33-15-4-6-19-18(14-15)16-8-9-27-22-17-5-7-20(30-2)24(31-3)21(17)25(29)28(19)23(16)22/h4-9,14,26H,10-13H2,1-3H3. The monoisotopic (exact) mass is 447 g/mol. The summed E-state index contributed by atoms with van der Waals surface area (Å²) >= 11 is 0. The molecule has 0 unspecified atom stereocenters. The van der Waals surface area contributed by atoms with Gasteiger partial charge in [0.15, 0.2) is 11.5 Å². The van der Waals surface area contributed by atoms with Crippen LogP contribution in [0.3, 0.4) is 0 Å². The lowest BCUT2D eigenvalue weighted by Crippen LogP contribution is -2.16. The average Bonchev–Trinajstić information content (AvgIpc) is 3.18. The first-order valence-electron chi connectivity index (χ1n) is 10.8. The molecule has 1 N–H and O–H groups in total. The van der Waals surface area contributed by atoms with Gasteiger partial charge in [-0.1, -0.05) is 0 Å². The second-order valence-corrected chi connectivity index (χ2v) is 7.66. The smallest absolute Gasteiger partial charge is 0.267 e. The summed E-state index contributed by atoms with van der Waals surface area (Å²) in [6.45, 7) is 2.39. The van der Waals surface area contributed by atoms with Crippen LogP contribution in [0.25, 0.3) is 38.1 Å². The minimum Gasteiger partial charge on any atom is -0.493 e. The van der Waals surface area contributed by atoms with Gasteiger partial charge >= 0.3 is 0 Å².